The van der Waals surface area contributed by atoms with Crippen molar-refractivity contribution in [3.63, 3.8) is 0 Å². The molecule has 2 atom stereocenters. The fourth-order valence-corrected chi connectivity index (χ4v) is 4.10. The molecule has 1 aromatic carbocycles. The highest BCUT2D eigenvalue weighted by molar-refractivity contribution is 7.84. The molecule has 0 spiro atoms. The van der Waals surface area contributed by atoms with Crippen LogP contribution in [0.15, 0.2) is 24.3 Å². The number of nitrogens with one attached hydrogen (secondary N) is 1. The van der Waals surface area contributed by atoms with E-state index in [4.69, 9.17) is 0 Å². The molecule has 104 valence electrons. The second-order valence-corrected chi connectivity index (χ2v) is 7.64. The first-order valence-electron chi connectivity index (χ1n) is 6.69. The predicted molar refractivity (Wildman–Crippen MR) is 86.5 cm³/mol. The normalized spacial score (nSPS) is 14.7. The van der Waals surface area contributed by atoms with E-state index in [0.29, 0.717) is 6.04 Å². The molecule has 0 aliphatic carbocycles. The molecular formula is C15H21NOS2. The molecule has 1 aromatic heterocycles. The lowest BCUT2D eigenvalue weighted by atomic mass is 10.1. The second kappa shape index (κ2) is 6.64. The van der Waals surface area contributed by atoms with E-state index in [1.54, 1.807) is 0 Å². The Balaban J connectivity index is 2.07. The Hall–Kier alpha value is -0.710. The van der Waals surface area contributed by atoms with Crippen molar-refractivity contribution in [1.29, 1.82) is 0 Å². The minimum Gasteiger partial charge on any atom is -0.309 e. The number of thiophene rings is 1. The van der Waals surface area contributed by atoms with Gasteiger partial charge in [0.25, 0.3) is 0 Å². The highest BCUT2D eigenvalue weighted by Crippen LogP contribution is 2.34. The van der Waals surface area contributed by atoms with E-state index >= 15 is 0 Å². The largest absolute Gasteiger partial charge is 0.309 e. The smallest absolute Gasteiger partial charge is 0.0389 e. The molecule has 0 saturated carbocycles. The first kappa shape index (κ1) is 14.7. The molecule has 0 bridgehead atoms. The second-order valence-electron chi connectivity index (χ2n) is 4.70. The summed E-state index contributed by atoms with van der Waals surface area (Å²) in [6.07, 6.45) is 0. The van der Waals surface area contributed by atoms with Gasteiger partial charge in [-0.3, -0.25) is 4.21 Å². The van der Waals surface area contributed by atoms with Crippen molar-refractivity contribution in [2.45, 2.75) is 26.8 Å². The lowest BCUT2D eigenvalue weighted by molar-refractivity contribution is 0.603. The van der Waals surface area contributed by atoms with Crippen LogP contribution in [0, 0.1) is 6.92 Å². The van der Waals surface area contributed by atoms with Crippen molar-refractivity contribution < 1.29 is 4.21 Å². The molecule has 0 fully saturated rings. The summed E-state index contributed by atoms with van der Waals surface area (Å²) in [5.41, 5.74) is 1.37. The van der Waals surface area contributed by atoms with Crippen LogP contribution in [0.25, 0.3) is 10.1 Å². The van der Waals surface area contributed by atoms with Crippen molar-refractivity contribution in [2.75, 3.05) is 18.1 Å². The van der Waals surface area contributed by atoms with Crippen molar-refractivity contribution in [2.24, 2.45) is 0 Å². The Morgan fingerprint density at radius 2 is 2.11 bits per heavy atom. The van der Waals surface area contributed by atoms with Crippen molar-refractivity contribution in [1.82, 2.24) is 5.32 Å². The number of rotatable bonds is 6. The van der Waals surface area contributed by atoms with Gasteiger partial charge >= 0.3 is 0 Å². The SMILES string of the molecule is CCS(=O)CCNC(C)c1sc2ccccc2c1C. The van der Waals surface area contributed by atoms with Crippen molar-refractivity contribution in [3.05, 3.63) is 34.7 Å². The third-order valence-electron chi connectivity index (χ3n) is 3.38. The van der Waals surface area contributed by atoms with Gasteiger partial charge in [0, 0.05) is 44.5 Å². The van der Waals surface area contributed by atoms with Crippen LogP contribution < -0.4 is 5.32 Å². The molecule has 1 heterocycles. The first-order valence-corrected chi connectivity index (χ1v) is 9.00. The van der Waals surface area contributed by atoms with Crippen LogP contribution in [0.2, 0.25) is 0 Å². The third-order valence-corrected chi connectivity index (χ3v) is 6.14. The quantitative estimate of drug-likeness (QED) is 0.881. The Kier molecular flexibility index (Phi) is 5.13. The summed E-state index contributed by atoms with van der Waals surface area (Å²) in [5.74, 6) is 1.49. The maximum atomic E-state index is 11.4. The summed E-state index contributed by atoms with van der Waals surface area (Å²) in [7, 11) is -0.679. The van der Waals surface area contributed by atoms with Gasteiger partial charge in [0.15, 0.2) is 0 Å². The van der Waals surface area contributed by atoms with E-state index in [1.807, 2.05) is 18.3 Å². The van der Waals surface area contributed by atoms with Crippen LogP contribution in [0.5, 0.6) is 0 Å². The highest BCUT2D eigenvalue weighted by Gasteiger charge is 2.13. The van der Waals surface area contributed by atoms with E-state index in [1.165, 1.54) is 20.5 Å². The zero-order valence-corrected chi connectivity index (χ0v) is 13.4. The first-order chi connectivity index (χ1) is 9.13. The molecule has 2 aromatic rings. The van der Waals surface area contributed by atoms with Crippen LogP contribution in [0.3, 0.4) is 0 Å². The zero-order valence-electron chi connectivity index (χ0n) is 11.7. The van der Waals surface area contributed by atoms with Crippen molar-refractivity contribution >= 4 is 32.2 Å². The Labute approximate surface area is 121 Å². The summed E-state index contributed by atoms with van der Waals surface area (Å²) in [4.78, 5) is 1.39. The van der Waals surface area contributed by atoms with Gasteiger partial charge in [-0.25, -0.2) is 0 Å². The summed E-state index contributed by atoms with van der Waals surface area (Å²) in [5, 5.41) is 4.84. The minimum atomic E-state index is -0.679. The number of benzene rings is 1. The number of hydrogen-bond donors (Lipinski definition) is 1. The zero-order chi connectivity index (χ0) is 13.8. The molecule has 0 amide bonds. The fraction of sp³-hybridized carbons (Fsp3) is 0.467. The van der Waals surface area contributed by atoms with Crippen LogP contribution in [0.4, 0.5) is 0 Å². The lowest BCUT2D eigenvalue weighted by Crippen LogP contribution is -2.24. The molecule has 2 nitrogen and oxygen atoms in total. The average molecular weight is 295 g/mol. The summed E-state index contributed by atoms with van der Waals surface area (Å²) < 4.78 is 12.8. The third kappa shape index (κ3) is 3.44. The molecule has 19 heavy (non-hydrogen) atoms. The highest BCUT2D eigenvalue weighted by atomic mass is 32.2. The summed E-state index contributed by atoms with van der Waals surface area (Å²) in [6.45, 7) is 7.16. The number of hydrogen-bond acceptors (Lipinski definition) is 3. The van der Waals surface area contributed by atoms with Gasteiger partial charge in [-0.1, -0.05) is 25.1 Å². The Bertz CT molecular complexity index is 577. The van der Waals surface area contributed by atoms with Crippen molar-refractivity contribution in [3.8, 4) is 0 Å². The van der Waals surface area contributed by atoms with E-state index in [-0.39, 0.29) is 0 Å². The Morgan fingerprint density at radius 3 is 2.79 bits per heavy atom. The molecule has 0 aliphatic rings. The molecule has 2 unspecified atom stereocenters. The molecule has 0 aliphatic heterocycles. The fourth-order valence-electron chi connectivity index (χ4n) is 2.23. The van der Waals surface area contributed by atoms with Gasteiger partial charge in [0.05, 0.1) is 0 Å². The maximum Gasteiger partial charge on any atom is 0.0389 e. The van der Waals surface area contributed by atoms with Crippen LogP contribution in [-0.2, 0) is 10.8 Å². The molecular weight excluding hydrogens is 274 g/mol. The monoisotopic (exact) mass is 295 g/mol. The maximum absolute atomic E-state index is 11.4. The Morgan fingerprint density at radius 1 is 1.37 bits per heavy atom. The van der Waals surface area contributed by atoms with Gasteiger partial charge in [-0.15, -0.1) is 11.3 Å². The standard InChI is InChI=1S/C15H21NOS2/c1-4-19(17)10-9-16-12(3)15-11(2)13-7-5-6-8-14(13)18-15/h5-8,12,16H,4,9-10H2,1-3H3. The minimum absolute atomic E-state index is 0.325. The lowest BCUT2D eigenvalue weighted by Gasteiger charge is -2.13. The molecule has 2 rings (SSSR count). The molecule has 0 saturated heterocycles. The topological polar surface area (TPSA) is 29.1 Å². The van der Waals surface area contributed by atoms with Gasteiger partial charge in [-0.2, -0.15) is 0 Å². The van der Waals surface area contributed by atoms with E-state index < -0.39 is 10.8 Å². The molecule has 4 heteroatoms. The summed E-state index contributed by atoms with van der Waals surface area (Å²) in [6, 6.07) is 8.86. The predicted octanol–water partition coefficient (Wildman–Crippen LogP) is 3.63. The average Bonchev–Trinajstić information content (AvgIpc) is 2.76. The van der Waals surface area contributed by atoms with E-state index in [0.717, 1.165) is 18.1 Å². The van der Waals surface area contributed by atoms with E-state index in [2.05, 4.69) is 43.4 Å². The number of aryl methyl sites for hydroxylation is 1. The van der Waals surface area contributed by atoms with Gasteiger partial charge < -0.3 is 5.32 Å². The molecule has 1 N–H and O–H groups in total. The van der Waals surface area contributed by atoms with Gasteiger partial charge in [-0.05, 0) is 30.9 Å². The van der Waals surface area contributed by atoms with Gasteiger partial charge in [0.1, 0.15) is 0 Å². The molecule has 0 radical (unpaired) electrons. The van der Waals surface area contributed by atoms with Crippen LogP contribution >= 0.6 is 11.3 Å². The number of fused-ring (bicyclic) bond motifs is 1. The van der Waals surface area contributed by atoms with Gasteiger partial charge in [0.2, 0.25) is 0 Å². The van der Waals surface area contributed by atoms with E-state index in [9.17, 15) is 4.21 Å². The van der Waals surface area contributed by atoms with Crippen LogP contribution in [0.1, 0.15) is 30.3 Å². The summed E-state index contributed by atoms with van der Waals surface area (Å²) >= 11 is 1.86. The van der Waals surface area contributed by atoms with Crippen LogP contribution in [-0.4, -0.2) is 22.3 Å².